The second-order valence-corrected chi connectivity index (χ2v) is 6.03. The molecule has 1 amide bonds. The van der Waals surface area contributed by atoms with E-state index in [1.54, 1.807) is 13.0 Å². The van der Waals surface area contributed by atoms with Gasteiger partial charge in [0.05, 0.1) is 16.9 Å². The number of nitrogens with one attached hydrogen (secondary N) is 2. The number of amides is 1. The number of hydrogen-bond acceptors (Lipinski definition) is 4. The number of sulfonamides is 1. The van der Waals surface area contributed by atoms with E-state index in [4.69, 9.17) is 5.26 Å². The Labute approximate surface area is 111 Å². The predicted molar refractivity (Wildman–Crippen MR) is 68.9 cm³/mol. The Morgan fingerprint density at radius 1 is 1.47 bits per heavy atom. The highest BCUT2D eigenvalue weighted by atomic mass is 32.2. The lowest BCUT2D eigenvalue weighted by Gasteiger charge is -2.07. The molecule has 19 heavy (non-hydrogen) atoms. The maximum Gasteiger partial charge on any atom is 0.240 e. The Kier molecular flexibility index (Phi) is 3.55. The van der Waals surface area contributed by atoms with E-state index in [0.29, 0.717) is 11.3 Å². The third kappa shape index (κ3) is 2.59. The lowest BCUT2D eigenvalue weighted by Crippen LogP contribution is -2.24. The van der Waals surface area contributed by atoms with Crippen LogP contribution in [0.15, 0.2) is 23.1 Å². The fourth-order valence-corrected chi connectivity index (χ4v) is 2.95. The van der Waals surface area contributed by atoms with Crippen LogP contribution in [0.4, 0.5) is 5.69 Å². The van der Waals surface area contributed by atoms with Crippen LogP contribution in [0.2, 0.25) is 0 Å². The van der Waals surface area contributed by atoms with Crippen molar-refractivity contribution < 1.29 is 13.2 Å². The molecular weight excluding hydrogens is 266 g/mol. The second kappa shape index (κ2) is 4.99. The first-order chi connectivity index (χ1) is 8.95. The van der Waals surface area contributed by atoms with E-state index in [1.807, 2.05) is 6.07 Å². The summed E-state index contributed by atoms with van der Waals surface area (Å²) in [6.45, 7) is 1.79. The fraction of sp³-hybridized carbons (Fsp3) is 0.333. The van der Waals surface area contributed by atoms with Crippen molar-refractivity contribution in [2.75, 3.05) is 11.9 Å². The number of nitriles is 1. The molecule has 1 heterocycles. The standard InChI is InChI=1S/C12H13N3O3S/c1-8-10-7-9(3-4-11(10)15-12(8)16)19(17,18)14-6-2-5-13/h3-4,7-8,14H,2,6H2,1H3,(H,15,16)/t8-/m1/s1. The van der Waals surface area contributed by atoms with Crippen LogP contribution in [0.25, 0.3) is 0 Å². The van der Waals surface area contributed by atoms with Gasteiger partial charge in [-0.1, -0.05) is 0 Å². The monoisotopic (exact) mass is 279 g/mol. The zero-order chi connectivity index (χ0) is 14.0. The molecule has 0 spiro atoms. The first kappa shape index (κ1) is 13.5. The number of hydrogen-bond donors (Lipinski definition) is 2. The summed E-state index contributed by atoms with van der Waals surface area (Å²) in [6.07, 6.45) is 0.112. The summed E-state index contributed by atoms with van der Waals surface area (Å²) in [5.74, 6) is -0.494. The van der Waals surface area contributed by atoms with Gasteiger partial charge in [0.1, 0.15) is 0 Å². The number of nitrogens with zero attached hydrogens (tertiary/aromatic N) is 1. The van der Waals surface area contributed by atoms with Crippen LogP contribution in [0.1, 0.15) is 24.8 Å². The van der Waals surface area contributed by atoms with Crippen LogP contribution in [0, 0.1) is 11.3 Å². The third-order valence-electron chi connectivity index (χ3n) is 2.98. The molecule has 7 heteroatoms. The van der Waals surface area contributed by atoms with Gasteiger partial charge in [0.2, 0.25) is 15.9 Å². The van der Waals surface area contributed by atoms with Gasteiger partial charge in [-0.3, -0.25) is 4.79 Å². The van der Waals surface area contributed by atoms with E-state index < -0.39 is 10.0 Å². The van der Waals surface area contributed by atoms with E-state index in [1.165, 1.54) is 12.1 Å². The molecule has 6 nitrogen and oxygen atoms in total. The van der Waals surface area contributed by atoms with Crippen molar-refractivity contribution in [2.24, 2.45) is 0 Å². The Morgan fingerprint density at radius 2 is 2.21 bits per heavy atom. The lowest BCUT2D eigenvalue weighted by atomic mass is 10.0. The highest BCUT2D eigenvalue weighted by Crippen LogP contribution is 2.33. The SMILES string of the molecule is C[C@H]1C(=O)Nc2ccc(S(=O)(=O)NCCC#N)cc21. The largest absolute Gasteiger partial charge is 0.325 e. The average Bonchev–Trinajstić information content (AvgIpc) is 2.65. The normalized spacial score (nSPS) is 17.7. The highest BCUT2D eigenvalue weighted by Gasteiger charge is 2.28. The zero-order valence-corrected chi connectivity index (χ0v) is 11.1. The summed E-state index contributed by atoms with van der Waals surface area (Å²) in [5, 5.41) is 11.1. The molecule has 0 saturated carbocycles. The van der Waals surface area contributed by atoms with E-state index >= 15 is 0 Å². The van der Waals surface area contributed by atoms with Crippen molar-refractivity contribution in [3.05, 3.63) is 23.8 Å². The fourth-order valence-electron chi connectivity index (χ4n) is 1.89. The molecule has 100 valence electrons. The average molecular weight is 279 g/mol. The van der Waals surface area contributed by atoms with Crippen LogP contribution in [-0.4, -0.2) is 20.9 Å². The maximum atomic E-state index is 12.0. The number of benzene rings is 1. The van der Waals surface area contributed by atoms with Crippen LogP contribution in [-0.2, 0) is 14.8 Å². The lowest BCUT2D eigenvalue weighted by molar-refractivity contribution is -0.116. The first-order valence-corrected chi connectivity index (χ1v) is 7.25. The minimum absolute atomic E-state index is 0.0721. The zero-order valence-electron chi connectivity index (χ0n) is 10.3. The quantitative estimate of drug-likeness (QED) is 0.801. The first-order valence-electron chi connectivity index (χ1n) is 5.77. The predicted octanol–water partition coefficient (Wildman–Crippen LogP) is 0.934. The van der Waals surface area contributed by atoms with E-state index in [0.717, 1.165) is 0 Å². The molecule has 1 aromatic rings. The maximum absolute atomic E-state index is 12.0. The van der Waals surface area contributed by atoms with Gasteiger partial charge in [-0.2, -0.15) is 5.26 Å². The molecule has 0 fully saturated rings. The molecule has 2 rings (SSSR count). The Bertz CT molecular complexity index is 661. The van der Waals surface area contributed by atoms with Crippen molar-refractivity contribution >= 4 is 21.6 Å². The molecule has 0 saturated heterocycles. The molecule has 1 aliphatic rings. The highest BCUT2D eigenvalue weighted by molar-refractivity contribution is 7.89. The topological polar surface area (TPSA) is 99.1 Å². The summed E-state index contributed by atoms with van der Waals surface area (Å²) < 4.78 is 26.3. The molecule has 1 aromatic carbocycles. The third-order valence-corrected chi connectivity index (χ3v) is 4.44. The molecule has 0 radical (unpaired) electrons. The van der Waals surface area contributed by atoms with Gasteiger partial charge in [0.25, 0.3) is 0 Å². The summed E-state index contributed by atoms with van der Waals surface area (Å²) in [7, 11) is -3.64. The molecule has 2 N–H and O–H groups in total. The summed E-state index contributed by atoms with van der Waals surface area (Å²) in [5.41, 5.74) is 1.32. The Morgan fingerprint density at radius 3 is 2.89 bits per heavy atom. The van der Waals surface area contributed by atoms with Gasteiger partial charge < -0.3 is 5.32 Å². The second-order valence-electron chi connectivity index (χ2n) is 4.27. The van der Waals surface area contributed by atoms with E-state index in [9.17, 15) is 13.2 Å². The van der Waals surface area contributed by atoms with Crippen molar-refractivity contribution in [3.63, 3.8) is 0 Å². The summed E-state index contributed by atoms with van der Waals surface area (Å²) in [4.78, 5) is 11.6. The summed E-state index contributed by atoms with van der Waals surface area (Å²) >= 11 is 0. The molecule has 0 unspecified atom stereocenters. The van der Waals surface area contributed by atoms with E-state index in [-0.39, 0.29) is 29.7 Å². The molecule has 1 aliphatic heterocycles. The van der Waals surface area contributed by atoms with Crippen molar-refractivity contribution in [3.8, 4) is 6.07 Å². The summed E-state index contributed by atoms with van der Waals surface area (Å²) in [6, 6.07) is 6.37. The van der Waals surface area contributed by atoms with Crippen LogP contribution >= 0.6 is 0 Å². The van der Waals surface area contributed by atoms with Gasteiger partial charge in [0, 0.05) is 18.7 Å². The van der Waals surface area contributed by atoms with E-state index in [2.05, 4.69) is 10.0 Å². The number of anilines is 1. The van der Waals surface area contributed by atoms with Gasteiger partial charge in [-0.05, 0) is 30.7 Å². The van der Waals surface area contributed by atoms with Gasteiger partial charge in [-0.15, -0.1) is 0 Å². The van der Waals surface area contributed by atoms with Crippen LogP contribution in [0.3, 0.4) is 0 Å². The van der Waals surface area contributed by atoms with Gasteiger partial charge >= 0.3 is 0 Å². The van der Waals surface area contributed by atoms with Crippen molar-refractivity contribution in [1.29, 1.82) is 5.26 Å². The number of carbonyl (C=O) groups excluding carboxylic acids is 1. The minimum atomic E-state index is -3.64. The number of fused-ring (bicyclic) bond motifs is 1. The van der Waals surface area contributed by atoms with Crippen molar-refractivity contribution in [2.45, 2.75) is 24.2 Å². The Balaban J connectivity index is 2.29. The number of carbonyl (C=O) groups is 1. The van der Waals surface area contributed by atoms with Crippen molar-refractivity contribution in [1.82, 2.24) is 4.72 Å². The molecule has 0 aliphatic carbocycles. The van der Waals surface area contributed by atoms with Crippen LogP contribution < -0.4 is 10.0 Å². The molecule has 0 aromatic heterocycles. The smallest absolute Gasteiger partial charge is 0.240 e. The van der Waals surface area contributed by atoms with Gasteiger partial charge in [0.15, 0.2) is 0 Å². The van der Waals surface area contributed by atoms with Crippen LogP contribution in [0.5, 0.6) is 0 Å². The molecule has 0 bridgehead atoms. The molecular formula is C12H13N3O3S. The van der Waals surface area contributed by atoms with Gasteiger partial charge in [-0.25, -0.2) is 13.1 Å². The number of rotatable bonds is 4. The Hall–Kier alpha value is -1.91. The minimum Gasteiger partial charge on any atom is -0.325 e. The molecule has 1 atom stereocenters.